The van der Waals surface area contributed by atoms with Gasteiger partial charge in [0.1, 0.15) is 11.6 Å². The minimum atomic E-state index is -0.604. The molecule has 188 valence electrons. The molecule has 2 aliphatic carbocycles. The summed E-state index contributed by atoms with van der Waals surface area (Å²) in [6, 6.07) is 3.69. The molecule has 1 aromatic rings. The summed E-state index contributed by atoms with van der Waals surface area (Å²) in [6.45, 7) is 8.55. The number of hydrogen-bond donors (Lipinski definition) is 0. The summed E-state index contributed by atoms with van der Waals surface area (Å²) in [5.74, 6) is -0.0405. The van der Waals surface area contributed by atoms with Crippen LogP contribution in [-0.2, 0) is 4.84 Å². The molecule has 1 fully saturated rings. The average molecular weight is 481 g/mol. The van der Waals surface area contributed by atoms with Crippen LogP contribution in [0.4, 0.5) is 8.78 Å². The molecule has 35 heavy (non-hydrogen) atoms. The Morgan fingerprint density at radius 2 is 1.91 bits per heavy atom. The number of rotatable bonds is 11. The molecule has 0 heterocycles. The Kier molecular flexibility index (Phi) is 10.1. The van der Waals surface area contributed by atoms with E-state index in [0.29, 0.717) is 30.1 Å². The molecule has 0 spiro atoms. The number of hydrogen-bond acceptors (Lipinski definition) is 3. The van der Waals surface area contributed by atoms with Crippen molar-refractivity contribution in [3.05, 3.63) is 77.0 Å². The van der Waals surface area contributed by atoms with E-state index in [1.165, 1.54) is 49.0 Å². The van der Waals surface area contributed by atoms with Crippen LogP contribution >= 0.6 is 0 Å². The third-order valence-electron chi connectivity index (χ3n) is 7.33. The van der Waals surface area contributed by atoms with Crippen molar-refractivity contribution in [1.29, 1.82) is 5.26 Å². The molecule has 0 atom stereocenters. The summed E-state index contributed by atoms with van der Waals surface area (Å²) >= 11 is 0. The van der Waals surface area contributed by atoms with Crippen LogP contribution in [0.15, 0.2) is 59.8 Å². The maximum atomic E-state index is 14.9. The van der Waals surface area contributed by atoms with Crippen molar-refractivity contribution in [2.75, 3.05) is 6.54 Å². The highest BCUT2D eigenvalue weighted by Gasteiger charge is 2.26. The van der Waals surface area contributed by atoms with E-state index in [1.807, 2.05) is 19.3 Å². The maximum Gasteiger partial charge on any atom is 0.314 e. The summed E-state index contributed by atoms with van der Waals surface area (Å²) in [5, 5.41) is 11.0. The van der Waals surface area contributed by atoms with Crippen LogP contribution in [0.2, 0.25) is 0 Å². The van der Waals surface area contributed by atoms with Crippen LogP contribution in [0, 0.1) is 35.0 Å². The molecule has 5 heteroatoms. The zero-order valence-corrected chi connectivity index (χ0v) is 21.2. The van der Waals surface area contributed by atoms with Crippen molar-refractivity contribution in [1.82, 2.24) is 5.06 Å². The van der Waals surface area contributed by atoms with Crippen molar-refractivity contribution >= 4 is 5.57 Å². The van der Waals surface area contributed by atoms with Gasteiger partial charge in [0.2, 0.25) is 0 Å². The molecular weight excluding hydrogens is 442 g/mol. The summed E-state index contributed by atoms with van der Waals surface area (Å²) in [6.07, 6.45) is 18.5. The molecule has 0 amide bonds. The highest BCUT2D eigenvalue weighted by atomic mass is 19.1. The molecule has 0 aromatic heterocycles. The highest BCUT2D eigenvalue weighted by molar-refractivity contribution is 5.70. The van der Waals surface area contributed by atoms with E-state index in [2.05, 4.69) is 25.7 Å². The fourth-order valence-corrected chi connectivity index (χ4v) is 5.25. The lowest BCUT2D eigenvalue weighted by molar-refractivity contribution is -0.0720. The van der Waals surface area contributed by atoms with Gasteiger partial charge < -0.3 is 0 Å². The average Bonchev–Trinajstić information content (AvgIpc) is 2.84. The van der Waals surface area contributed by atoms with E-state index in [0.717, 1.165) is 49.7 Å². The molecule has 3 nitrogen and oxygen atoms in total. The highest BCUT2D eigenvalue weighted by Crippen LogP contribution is 2.36. The standard InChI is InChI=1S/C30H38F2N2O/c1-22(2)8-7-11-24-12-14-26(15-13-24)20-34(35-21-33)23(3)29(18-25-9-5-4-6-10-25)28-17-16-27(31)19-30(28)32/h4-5,9,16-17,19,24,26H,1,6-8,10-15,18,20H2,2-3H3/b29-23+. The molecule has 0 radical (unpaired) electrons. The van der Waals surface area contributed by atoms with Crippen molar-refractivity contribution in [3.8, 4) is 6.26 Å². The van der Waals surface area contributed by atoms with Gasteiger partial charge in [0.25, 0.3) is 0 Å². The van der Waals surface area contributed by atoms with E-state index >= 15 is 0 Å². The molecule has 0 bridgehead atoms. The Morgan fingerprint density at radius 1 is 1.17 bits per heavy atom. The Hall–Kier alpha value is -2.87. The van der Waals surface area contributed by atoms with Gasteiger partial charge >= 0.3 is 6.26 Å². The van der Waals surface area contributed by atoms with Gasteiger partial charge in [0, 0.05) is 11.6 Å². The second-order valence-corrected chi connectivity index (χ2v) is 10.1. The van der Waals surface area contributed by atoms with Gasteiger partial charge in [-0.15, -0.1) is 11.8 Å². The molecule has 0 unspecified atom stereocenters. The van der Waals surface area contributed by atoms with Gasteiger partial charge in [0.05, 0.1) is 12.2 Å². The quantitative estimate of drug-likeness (QED) is 0.181. The van der Waals surface area contributed by atoms with E-state index < -0.39 is 11.6 Å². The Morgan fingerprint density at radius 3 is 2.54 bits per heavy atom. The maximum absolute atomic E-state index is 14.9. The molecule has 0 saturated heterocycles. The molecule has 0 N–H and O–H groups in total. The molecule has 2 aliphatic rings. The number of nitrogens with zero attached hydrogens (tertiary/aromatic N) is 2. The van der Waals surface area contributed by atoms with Gasteiger partial charge in [-0.05, 0) is 88.3 Å². The van der Waals surface area contributed by atoms with Crippen molar-refractivity contribution < 1.29 is 13.6 Å². The van der Waals surface area contributed by atoms with Crippen LogP contribution in [-0.4, -0.2) is 11.6 Å². The predicted molar refractivity (Wildman–Crippen MR) is 138 cm³/mol. The van der Waals surface area contributed by atoms with Crippen LogP contribution in [0.1, 0.15) is 83.6 Å². The van der Waals surface area contributed by atoms with E-state index in [9.17, 15) is 14.0 Å². The number of allylic oxidation sites excluding steroid dienone is 7. The van der Waals surface area contributed by atoms with Gasteiger partial charge in [-0.3, -0.25) is 4.84 Å². The van der Waals surface area contributed by atoms with E-state index in [1.54, 1.807) is 5.06 Å². The number of hydroxylamine groups is 2. The van der Waals surface area contributed by atoms with Gasteiger partial charge in [-0.25, -0.2) is 13.8 Å². The number of benzene rings is 1. The minimum Gasteiger partial charge on any atom is -0.299 e. The zero-order valence-electron chi connectivity index (χ0n) is 21.2. The first kappa shape index (κ1) is 26.7. The molecule has 1 aromatic carbocycles. The Bertz CT molecular complexity index is 1010. The lowest BCUT2D eigenvalue weighted by atomic mass is 9.79. The van der Waals surface area contributed by atoms with Gasteiger partial charge in [-0.2, -0.15) is 0 Å². The smallest absolute Gasteiger partial charge is 0.299 e. The molecular formula is C30H38F2N2O. The summed E-state index contributed by atoms with van der Waals surface area (Å²) < 4.78 is 28.5. The Balaban J connectivity index is 1.77. The SMILES string of the molecule is C=C(C)CCCC1CCC(CN(OC#N)/C(C)=C(\CC2=CC=CCC2)c2ccc(F)cc2F)CC1. The third-order valence-corrected chi connectivity index (χ3v) is 7.33. The first-order valence-electron chi connectivity index (χ1n) is 12.8. The fraction of sp³-hybridized carbons (Fsp3) is 0.500. The molecule has 3 rings (SSSR count). The zero-order chi connectivity index (χ0) is 25.2. The first-order valence-corrected chi connectivity index (χ1v) is 12.8. The largest absolute Gasteiger partial charge is 0.314 e. The fourth-order valence-electron chi connectivity index (χ4n) is 5.25. The van der Waals surface area contributed by atoms with Crippen molar-refractivity contribution in [3.63, 3.8) is 0 Å². The van der Waals surface area contributed by atoms with Gasteiger partial charge in [-0.1, -0.05) is 48.6 Å². The number of halogens is 2. The lowest BCUT2D eigenvalue weighted by Gasteiger charge is -2.33. The second-order valence-electron chi connectivity index (χ2n) is 10.1. The predicted octanol–water partition coefficient (Wildman–Crippen LogP) is 8.63. The van der Waals surface area contributed by atoms with Crippen LogP contribution in [0.25, 0.3) is 5.57 Å². The number of nitriles is 1. The summed E-state index contributed by atoms with van der Waals surface area (Å²) in [5.41, 5.74) is 4.22. The first-order chi connectivity index (χ1) is 16.9. The van der Waals surface area contributed by atoms with Crippen LogP contribution in [0.5, 0.6) is 0 Å². The minimum absolute atomic E-state index is 0.354. The topological polar surface area (TPSA) is 36.3 Å². The van der Waals surface area contributed by atoms with Crippen LogP contribution < -0.4 is 0 Å². The normalized spacial score (nSPS) is 20.5. The van der Waals surface area contributed by atoms with Gasteiger partial charge in [0.15, 0.2) is 0 Å². The molecule has 0 aliphatic heterocycles. The lowest BCUT2D eigenvalue weighted by Crippen LogP contribution is -2.30. The summed E-state index contributed by atoms with van der Waals surface area (Å²) in [7, 11) is 0. The second kappa shape index (κ2) is 13.3. The van der Waals surface area contributed by atoms with Crippen molar-refractivity contribution in [2.45, 2.75) is 78.1 Å². The van der Waals surface area contributed by atoms with E-state index in [-0.39, 0.29) is 0 Å². The van der Waals surface area contributed by atoms with Crippen molar-refractivity contribution in [2.24, 2.45) is 11.8 Å². The summed E-state index contributed by atoms with van der Waals surface area (Å²) in [4.78, 5) is 5.42. The monoisotopic (exact) mass is 480 g/mol. The Labute approximate surface area is 209 Å². The van der Waals surface area contributed by atoms with Crippen LogP contribution in [0.3, 0.4) is 0 Å². The molecule has 1 saturated carbocycles. The van der Waals surface area contributed by atoms with E-state index in [4.69, 9.17) is 4.84 Å². The third kappa shape index (κ3) is 8.09.